The molecule has 9 nitrogen and oxygen atoms in total. The van der Waals surface area contributed by atoms with Crippen LogP contribution in [-0.2, 0) is 26.2 Å². The second-order valence-electron chi connectivity index (χ2n) is 9.71. The van der Waals surface area contributed by atoms with Crippen LogP contribution in [0.15, 0.2) is 71.6 Å². The van der Waals surface area contributed by atoms with Gasteiger partial charge in [-0.25, -0.2) is 8.42 Å². The number of nitrogens with one attached hydrogen (secondary N) is 1. The predicted octanol–water partition coefficient (Wildman–Crippen LogP) is 5.54. The van der Waals surface area contributed by atoms with Crippen LogP contribution in [0.1, 0.15) is 32.8 Å². The molecule has 0 saturated heterocycles. The fourth-order valence-corrected chi connectivity index (χ4v) is 6.26. The summed E-state index contributed by atoms with van der Waals surface area (Å²) in [5.74, 6) is -0.307. The molecule has 0 saturated carbocycles. The van der Waals surface area contributed by atoms with E-state index in [9.17, 15) is 18.0 Å². The first-order chi connectivity index (χ1) is 19.9. The van der Waals surface area contributed by atoms with Gasteiger partial charge in [-0.1, -0.05) is 54.4 Å². The quantitative estimate of drug-likeness (QED) is 0.264. The van der Waals surface area contributed by atoms with Gasteiger partial charge < -0.3 is 19.7 Å². The molecular formula is C30H35Cl2N3O6S. The summed E-state index contributed by atoms with van der Waals surface area (Å²) in [5, 5.41) is 3.59. The summed E-state index contributed by atoms with van der Waals surface area (Å²) in [6.45, 7) is 4.75. The van der Waals surface area contributed by atoms with E-state index in [1.54, 1.807) is 49.4 Å². The van der Waals surface area contributed by atoms with E-state index in [0.717, 1.165) is 4.31 Å². The molecule has 226 valence electrons. The Morgan fingerprint density at radius 3 is 2.17 bits per heavy atom. The zero-order valence-electron chi connectivity index (χ0n) is 24.1. The lowest BCUT2D eigenvalue weighted by molar-refractivity contribution is -0.140. The van der Waals surface area contributed by atoms with Crippen molar-refractivity contribution in [3.8, 4) is 11.5 Å². The van der Waals surface area contributed by atoms with Gasteiger partial charge in [0.15, 0.2) is 11.5 Å². The molecule has 0 aliphatic rings. The maximum Gasteiger partial charge on any atom is 0.264 e. The minimum Gasteiger partial charge on any atom is -0.493 e. The van der Waals surface area contributed by atoms with Crippen LogP contribution in [0.5, 0.6) is 11.5 Å². The van der Waals surface area contributed by atoms with Crippen molar-refractivity contribution < 1.29 is 27.5 Å². The first-order valence-corrected chi connectivity index (χ1v) is 15.5. The van der Waals surface area contributed by atoms with Gasteiger partial charge in [0.25, 0.3) is 10.0 Å². The van der Waals surface area contributed by atoms with Gasteiger partial charge in [-0.05, 0) is 62.2 Å². The van der Waals surface area contributed by atoms with Crippen molar-refractivity contribution in [3.63, 3.8) is 0 Å². The van der Waals surface area contributed by atoms with E-state index in [-0.39, 0.29) is 41.2 Å². The number of hydrogen-bond donors (Lipinski definition) is 1. The third kappa shape index (κ3) is 7.87. The lowest BCUT2D eigenvalue weighted by Gasteiger charge is -2.33. The Labute approximate surface area is 257 Å². The largest absolute Gasteiger partial charge is 0.493 e. The van der Waals surface area contributed by atoms with E-state index in [1.165, 1.54) is 43.4 Å². The number of carbonyl (C=O) groups is 2. The van der Waals surface area contributed by atoms with Crippen LogP contribution in [0.3, 0.4) is 0 Å². The zero-order valence-corrected chi connectivity index (χ0v) is 26.5. The Bertz CT molecular complexity index is 1500. The van der Waals surface area contributed by atoms with E-state index in [4.69, 9.17) is 32.7 Å². The van der Waals surface area contributed by atoms with Crippen molar-refractivity contribution in [2.45, 2.75) is 50.7 Å². The van der Waals surface area contributed by atoms with Crippen molar-refractivity contribution in [1.29, 1.82) is 0 Å². The fourth-order valence-electron chi connectivity index (χ4n) is 4.36. The van der Waals surface area contributed by atoms with Gasteiger partial charge >= 0.3 is 0 Å². The summed E-state index contributed by atoms with van der Waals surface area (Å²) in [6.07, 6.45) is 0.275. The van der Waals surface area contributed by atoms with Gasteiger partial charge in [-0.2, -0.15) is 0 Å². The van der Waals surface area contributed by atoms with Gasteiger partial charge in [-0.15, -0.1) is 0 Å². The summed E-state index contributed by atoms with van der Waals surface area (Å²) < 4.78 is 39.7. The van der Waals surface area contributed by atoms with E-state index >= 15 is 0 Å². The lowest BCUT2D eigenvalue weighted by Crippen LogP contribution is -2.53. The smallest absolute Gasteiger partial charge is 0.264 e. The molecule has 12 heteroatoms. The van der Waals surface area contributed by atoms with E-state index in [1.807, 2.05) is 13.8 Å². The molecule has 3 rings (SSSR count). The van der Waals surface area contributed by atoms with Gasteiger partial charge in [0, 0.05) is 28.7 Å². The minimum absolute atomic E-state index is 0.00975. The molecule has 0 radical (unpaired) electrons. The maximum atomic E-state index is 14.2. The molecule has 0 spiro atoms. The molecule has 1 N–H and O–H groups in total. The molecule has 0 unspecified atom stereocenters. The number of rotatable bonds is 13. The fraction of sp³-hybridized carbons (Fsp3) is 0.333. The number of carbonyl (C=O) groups excluding carboxylic acids is 2. The number of nitrogens with zero attached hydrogens (tertiary/aromatic N) is 2. The molecule has 0 aromatic heterocycles. The highest BCUT2D eigenvalue weighted by atomic mass is 35.5. The van der Waals surface area contributed by atoms with Crippen LogP contribution in [0.25, 0.3) is 0 Å². The van der Waals surface area contributed by atoms with Gasteiger partial charge in [0.1, 0.15) is 12.6 Å². The van der Waals surface area contributed by atoms with Crippen LogP contribution < -0.4 is 19.1 Å². The van der Waals surface area contributed by atoms with Crippen molar-refractivity contribution in [2.75, 3.05) is 25.1 Å². The van der Waals surface area contributed by atoms with Gasteiger partial charge in [0.2, 0.25) is 11.8 Å². The minimum atomic E-state index is -4.24. The Morgan fingerprint density at radius 1 is 0.929 bits per heavy atom. The number of hydrogen-bond acceptors (Lipinski definition) is 6. The number of sulfonamides is 1. The first-order valence-electron chi connectivity index (χ1n) is 13.3. The zero-order chi connectivity index (χ0) is 31.0. The number of anilines is 1. The van der Waals surface area contributed by atoms with Crippen molar-refractivity contribution in [2.24, 2.45) is 0 Å². The Balaban J connectivity index is 2.13. The van der Waals surface area contributed by atoms with Crippen LogP contribution in [-0.4, -0.2) is 58.0 Å². The molecule has 0 fully saturated rings. The first kappa shape index (κ1) is 33.0. The van der Waals surface area contributed by atoms with E-state index in [2.05, 4.69) is 5.32 Å². The summed E-state index contributed by atoms with van der Waals surface area (Å²) in [7, 11) is -1.35. The van der Waals surface area contributed by atoms with Crippen molar-refractivity contribution in [3.05, 3.63) is 82.3 Å². The van der Waals surface area contributed by atoms with Crippen molar-refractivity contribution in [1.82, 2.24) is 10.2 Å². The number of ether oxygens (including phenoxy) is 2. The number of methoxy groups -OCH3 is 2. The Hall–Kier alpha value is -3.47. The summed E-state index contributed by atoms with van der Waals surface area (Å²) in [4.78, 5) is 28.8. The molecule has 42 heavy (non-hydrogen) atoms. The highest BCUT2D eigenvalue weighted by Crippen LogP contribution is 2.34. The maximum absolute atomic E-state index is 14.2. The van der Waals surface area contributed by atoms with Crippen molar-refractivity contribution >= 4 is 50.7 Å². The van der Waals surface area contributed by atoms with Crippen LogP contribution in [0.4, 0.5) is 5.69 Å². The van der Waals surface area contributed by atoms with Crippen LogP contribution in [0.2, 0.25) is 10.0 Å². The van der Waals surface area contributed by atoms with Crippen LogP contribution >= 0.6 is 23.2 Å². The third-order valence-electron chi connectivity index (χ3n) is 6.44. The van der Waals surface area contributed by atoms with Gasteiger partial charge in [-0.3, -0.25) is 13.9 Å². The molecule has 2 amide bonds. The molecular weight excluding hydrogens is 601 g/mol. The monoisotopic (exact) mass is 635 g/mol. The number of amides is 2. The van der Waals surface area contributed by atoms with E-state index in [0.29, 0.717) is 21.4 Å². The average Bonchev–Trinajstić information content (AvgIpc) is 2.96. The highest BCUT2D eigenvalue weighted by molar-refractivity contribution is 7.92. The standard InChI is InChI=1S/C30H35Cl2N3O6S/c1-6-26(30(37)33-20(2)3)34(18-21-12-13-22(31)16-25(21)32)29(36)19-35(42(38,39)24-10-8-7-9-11-24)23-14-15-27(40-4)28(17-23)41-5/h7-17,20,26H,6,18-19H2,1-5H3,(H,33,37)/t26-/m1/s1. The summed E-state index contributed by atoms with van der Waals surface area (Å²) in [5.41, 5.74) is 0.725. The molecule has 0 aliphatic carbocycles. The molecule has 0 heterocycles. The van der Waals surface area contributed by atoms with E-state index < -0.39 is 28.5 Å². The Kier molecular flexibility index (Phi) is 11.5. The second kappa shape index (κ2) is 14.6. The third-order valence-corrected chi connectivity index (χ3v) is 8.81. The lowest BCUT2D eigenvalue weighted by atomic mass is 10.1. The average molecular weight is 637 g/mol. The number of halogens is 2. The summed E-state index contributed by atoms with van der Waals surface area (Å²) >= 11 is 12.5. The molecule has 0 aliphatic heterocycles. The Morgan fingerprint density at radius 2 is 1.60 bits per heavy atom. The molecule has 1 atom stereocenters. The normalized spacial score (nSPS) is 12.0. The molecule has 3 aromatic rings. The van der Waals surface area contributed by atoms with Crippen LogP contribution in [0, 0.1) is 0 Å². The second-order valence-corrected chi connectivity index (χ2v) is 12.4. The summed E-state index contributed by atoms with van der Waals surface area (Å²) in [6, 6.07) is 16.1. The highest BCUT2D eigenvalue weighted by Gasteiger charge is 2.34. The molecule has 3 aromatic carbocycles. The predicted molar refractivity (Wildman–Crippen MR) is 165 cm³/mol. The SMILES string of the molecule is CC[C@H](C(=O)NC(C)C)N(Cc1ccc(Cl)cc1Cl)C(=O)CN(c1ccc(OC)c(OC)c1)S(=O)(=O)c1ccccc1. The van der Waals surface area contributed by atoms with Gasteiger partial charge in [0.05, 0.1) is 24.8 Å². The topological polar surface area (TPSA) is 105 Å². The number of benzene rings is 3. The molecule has 0 bridgehead atoms.